The van der Waals surface area contributed by atoms with E-state index in [0.29, 0.717) is 0 Å². The van der Waals surface area contributed by atoms with Crippen molar-refractivity contribution < 1.29 is 9.85 Å². The van der Waals surface area contributed by atoms with Crippen LogP contribution < -0.4 is 0 Å². The fourth-order valence-electron chi connectivity index (χ4n) is 3.53. The summed E-state index contributed by atoms with van der Waals surface area (Å²) in [5, 5.41) is 21.7. The Kier molecular flexibility index (Phi) is 3.82. The standard InChI is InChI=1S/C17H16N2O4/c20-18(21)15-7-3-13(4-8-15)17(11-1-2-12-17)14-5-9-16(10-6-14)19(22)23/h3-10H,1-2,11-12H2. The fourth-order valence-corrected chi connectivity index (χ4v) is 3.53. The number of benzene rings is 2. The molecular weight excluding hydrogens is 296 g/mol. The predicted molar refractivity (Wildman–Crippen MR) is 85.4 cm³/mol. The lowest BCUT2D eigenvalue weighted by Gasteiger charge is -2.30. The number of nitro groups is 2. The number of hydrogen-bond donors (Lipinski definition) is 0. The molecule has 1 aliphatic carbocycles. The lowest BCUT2D eigenvalue weighted by Crippen LogP contribution is -2.23. The van der Waals surface area contributed by atoms with Crippen molar-refractivity contribution in [3.8, 4) is 0 Å². The molecule has 6 nitrogen and oxygen atoms in total. The molecule has 1 aliphatic rings. The van der Waals surface area contributed by atoms with Crippen LogP contribution in [0.4, 0.5) is 11.4 Å². The van der Waals surface area contributed by atoms with E-state index in [2.05, 4.69) is 0 Å². The van der Waals surface area contributed by atoms with Crippen molar-refractivity contribution in [2.24, 2.45) is 0 Å². The van der Waals surface area contributed by atoms with Gasteiger partial charge in [0.15, 0.2) is 0 Å². The van der Waals surface area contributed by atoms with Gasteiger partial charge in [0.25, 0.3) is 11.4 Å². The Labute approximate surface area is 133 Å². The average molecular weight is 312 g/mol. The Morgan fingerprint density at radius 2 is 1.04 bits per heavy atom. The Hall–Kier alpha value is -2.76. The molecule has 23 heavy (non-hydrogen) atoms. The average Bonchev–Trinajstić information content (AvgIpc) is 3.06. The first-order valence-corrected chi connectivity index (χ1v) is 7.53. The van der Waals surface area contributed by atoms with Gasteiger partial charge in [-0.15, -0.1) is 0 Å². The van der Waals surface area contributed by atoms with Gasteiger partial charge in [-0.3, -0.25) is 20.2 Å². The normalized spacial score (nSPS) is 16.2. The van der Waals surface area contributed by atoms with Crippen molar-refractivity contribution in [1.29, 1.82) is 0 Å². The van der Waals surface area contributed by atoms with Crippen LogP contribution in [0.5, 0.6) is 0 Å². The van der Waals surface area contributed by atoms with Gasteiger partial charge in [0.2, 0.25) is 0 Å². The molecule has 118 valence electrons. The molecule has 0 bridgehead atoms. The van der Waals surface area contributed by atoms with Gasteiger partial charge in [0.05, 0.1) is 9.85 Å². The smallest absolute Gasteiger partial charge is 0.258 e. The summed E-state index contributed by atoms with van der Waals surface area (Å²) in [4.78, 5) is 20.8. The summed E-state index contributed by atoms with van der Waals surface area (Å²) in [6.07, 6.45) is 4.05. The molecule has 0 spiro atoms. The summed E-state index contributed by atoms with van der Waals surface area (Å²) in [6.45, 7) is 0. The second-order valence-electron chi connectivity index (χ2n) is 5.90. The number of non-ortho nitro benzene ring substituents is 2. The van der Waals surface area contributed by atoms with Gasteiger partial charge in [-0.05, 0) is 24.0 Å². The predicted octanol–water partition coefficient (Wildman–Crippen LogP) is 4.36. The Morgan fingerprint density at radius 1 is 0.696 bits per heavy atom. The molecule has 0 aromatic heterocycles. The molecule has 0 radical (unpaired) electrons. The summed E-state index contributed by atoms with van der Waals surface area (Å²) < 4.78 is 0. The van der Waals surface area contributed by atoms with Crippen molar-refractivity contribution in [1.82, 2.24) is 0 Å². The van der Waals surface area contributed by atoms with Crippen molar-refractivity contribution in [3.05, 3.63) is 79.9 Å². The Bertz CT molecular complexity index is 673. The third-order valence-corrected chi connectivity index (χ3v) is 4.72. The first kappa shape index (κ1) is 15.1. The van der Waals surface area contributed by atoms with E-state index in [0.717, 1.165) is 36.8 Å². The first-order chi connectivity index (χ1) is 11.0. The molecule has 0 N–H and O–H groups in total. The summed E-state index contributed by atoms with van der Waals surface area (Å²) in [5.74, 6) is 0. The van der Waals surface area contributed by atoms with Crippen LogP contribution in [0.2, 0.25) is 0 Å². The van der Waals surface area contributed by atoms with E-state index in [4.69, 9.17) is 0 Å². The van der Waals surface area contributed by atoms with E-state index >= 15 is 0 Å². The second-order valence-corrected chi connectivity index (χ2v) is 5.90. The zero-order valence-corrected chi connectivity index (χ0v) is 12.5. The van der Waals surface area contributed by atoms with Crippen LogP contribution in [0.25, 0.3) is 0 Å². The van der Waals surface area contributed by atoms with E-state index in [1.54, 1.807) is 0 Å². The van der Waals surface area contributed by atoms with Gasteiger partial charge in [0.1, 0.15) is 0 Å². The molecule has 6 heteroatoms. The summed E-state index contributed by atoms with van der Waals surface area (Å²) in [5.41, 5.74) is 2.02. The van der Waals surface area contributed by atoms with Crippen molar-refractivity contribution in [3.63, 3.8) is 0 Å². The molecular formula is C17H16N2O4. The van der Waals surface area contributed by atoms with E-state index in [1.165, 1.54) is 24.3 Å². The van der Waals surface area contributed by atoms with Crippen LogP contribution in [0.1, 0.15) is 36.8 Å². The van der Waals surface area contributed by atoms with Crippen LogP contribution in [0, 0.1) is 20.2 Å². The SMILES string of the molecule is O=[N+]([O-])c1ccc(C2(c3ccc([N+](=O)[O-])cc3)CCCC2)cc1. The van der Waals surface area contributed by atoms with Crippen molar-refractivity contribution in [2.75, 3.05) is 0 Å². The van der Waals surface area contributed by atoms with E-state index in [-0.39, 0.29) is 16.8 Å². The monoisotopic (exact) mass is 312 g/mol. The summed E-state index contributed by atoms with van der Waals surface area (Å²) in [6, 6.07) is 13.4. The molecule has 0 unspecified atom stereocenters. The molecule has 1 saturated carbocycles. The minimum atomic E-state index is -0.406. The topological polar surface area (TPSA) is 86.3 Å². The van der Waals surface area contributed by atoms with Crippen molar-refractivity contribution >= 4 is 11.4 Å². The highest BCUT2D eigenvalue weighted by atomic mass is 16.6. The molecule has 2 aromatic rings. The fraction of sp³-hybridized carbons (Fsp3) is 0.294. The van der Waals surface area contributed by atoms with Crippen LogP contribution in [-0.2, 0) is 5.41 Å². The minimum absolute atomic E-state index is 0.0746. The maximum Gasteiger partial charge on any atom is 0.269 e. The van der Waals surface area contributed by atoms with E-state index in [9.17, 15) is 20.2 Å². The lowest BCUT2D eigenvalue weighted by atomic mass is 9.73. The van der Waals surface area contributed by atoms with E-state index in [1.807, 2.05) is 24.3 Å². The number of rotatable bonds is 4. The number of nitro benzene ring substituents is 2. The molecule has 0 heterocycles. The molecule has 0 amide bonds. The maximum atomic E-state index is 10.8. The molecule has 0 atom stereocenters. The van der Waals surface area contributed by atoms with Gasteiger partial charge in [-0.2, -0.15) is 0 Å². The molecule has 3 rings (SSSR count). The highest BCUT2D eigenvalue weighted by Gasteiger charge is 2.37. The highest BCUT2D eigenvalue weighted by molar-refractivity contribution is 5.46. The van der Waals surface area contributed by atoms with Gasteiger partial charge in [-0.25, -0.2) is 0 Å². The van der Waals surface area contributed by atoms with Crippen LogP contribution in [0.3, 0.4) is 0 Å². The molecule has 2 aromatic carbocycles. The van der Waals surface area contributed by atoms with Crippen LogP contribution in [-0.4, -0.2) is 9.85 Å². The highest BCUT2D eigenvalue weighted by Crippen LogP contribution is 2.46. The van der Waals surface area contributed by atoms with Gasteiger partial charge in [-0.1, -0.05) is 37.1 Å². The van der Waals surface area contributed by atoms with Crippen LogP contribution >= 0.6 is 0 Å². The van der Waals surface area contributed by atoms with Gasteiger partial charge < -0.3 is 0 Å². The quantitative estimate of drug-likeness (QED) is 0.620. The van der Waals surface area contributed by atoms with E-state index < -0.39 is 9.85 Å². The maximum absolute atomic E-state index is 10.8. The lowest BCUT2D eigenvalue weighted by molar-refractivity contribution is -0.385. The third kappa shape index (κ3) is 2.67. The zero-order valence-electron chi connectivity index (χ0n) is 12.5. The van der Waals surface area contributed by atoms with Crippen molar-refractivity contribution in [2.45, 2.75) is 31.1 Å². The molecule has 1 fully saturated rings. The zero-order chi connectivity index (χ0) is 16.4. The van der Waals surface area contributed by atoms with Crippen LogP contribution in [0.15, 0.2) is 48.5 Å². The second kappa shape index (κ2) is 5.79. The first-order valence-electron chi connectivity index (χ1n) is 7.53. The molecule has 0 saturated heterocycles. The number of nitrogens with zero attached hydrogens (tertiary/aromatic N) is 2. The number of hydrogen-bond acceptors (Lipinski definition) is 4. The molecule has 0 aliphatic heterocycles. The third-order valence-electron chi connectivity index (χ3n) is 4.72. The Morgan fingerprint density at radius 3 is 1.35 bits per heavy atom. The Balaban J connectivity index is 2.02. The summed E-state index contributed by atoms with van der Waals surface area (Å²) in [7, 11) is 0. The summed E-state index contributed by atoms with van der Waals surface area (Å²) >= 11 is 0. The van der Waals surface area contributed by atoms with Gasteiger partial charge in [0, 0.05) is 29.7 Å². The minimum Gasteiger partial charge on any atom is -0.258 e. The van der Waals surface area contributed by atoms with Gasteiger partial charge >= 0.3 is 0 Å². The largest absolute Gasteiger partial charge is 0.269 e.